The SMILES string of the molecule is N#Cc1cc2c(nc1NC(CN)C1CCCC1)CCC2. The molecule has 1 unspecified atom stereocenters. The van der Waals surface area contributed by atoms with Crippen molar-refractivity contribution < 1.29 is 0 Å². The number of nitriles is 1. The molecule has 20 heavy (non-hydrogen) atoms. The minimum atomic E-state index is 0.247. The molecular weight excluding hydrogens is 248 g/mol. The smallest absolute Gasteiger partial charge is 0.144 e. The number of fused-ring (bicyclic) bond motifs is 1. The van der Waals surface area contributed by atoms with Crippen LogP contribution in [0.15, 0.2) is 6.07 Å². The molecule has 0 aromatic carbocycles. The maximum absolute atomic E-state index is 9.34. The number of nitrogens with two attached hydrogens (primary N) is 1. The van der Waals surface area contributed by atoms with Crippen molar-refractivity contribution in [2.75, 3.05) is 11.9 Å². The Hall–Kier alpha value is -1.60. The van der Waals surface area contributed by atoms with Gasteiger partial charge in [0.15, 0.2) is 0 Å². The van der Waals surface area contributed by atoms with Gasteiger partial charge in [-0.2, -0.15) is 5.26 Å². The molecule has 2 aliphatic rings. The van der Waals surface area contributed by atoms with Gasteiger partial charge in [-0.25, -0.2) is 4.98 Å². The number of anilines is 1. The first kappa shape index (κ1) is 13.4. The molecule has 4 heteroatoms. The van der Waals surface area contributed by atoms with E-state index in [4.69, 9.17) is 10.7 Å². The number of nitrogens with zero attached hydrogens (tertiary/aromatic N) is 2. The van der Waals surface area contributed by atoms with Crippen LogP contribution >= 0.6 is 0 Å². The summed E-state index contributed by atoms with van der Waals surface area (Å²) >= 11 is 0. The zero-order valence-electron chi connectivity index (χ0n) is 11.9. The average Bonchev–Trinajstić information content (AvgIpc) is 3.14. The largest absolute Gasteiger partial charge is 0.365 e. The normalized spacial score (nSPS) is 19.6. The molecule has 0 saturated heterocycles. The highest BCUT2D eigenvalue weighted by molar-refractivity contribution is 5.55. The Morgan fingerprint density at radius 3 is 2.85 bits per heavy atom. The van der Waals surface area contributed by atoms with Crippen LogP contribution < -0.4 is 11.1 Å². The van der Waals surface area contributed by atoms with Gasteiger partial charge >= 0.3 is 0 Å². The Morgan fingerprint density at radius 1 is 1.35 bits per heavy atom. The van der Waals surface area contributed by atoms with Gasteiger partial charge in [-0.05, 0) is 49.7 Å². The molecule has 106 valence electrons. The maximum Gasteiger partial charge on any atom is 0.144 e. The number of hydrogen-bond donors (Lipinski definition) is 2. The Kier molecular flexibility index (Phi) is 3.88. The van der Waals surface area contributed by atoms with E-state index in [-0.39, 0.29) is 6.04 Å². The minimum Gasteiger partial charge on any atom is -0.365 e. The molecule has 0 bridgehead atoms. The van der Waals surface area contributed by atoms with E-state index >= 15 is 0 Å². The van der Waals surface area contributed by atoms with E-state index in [1.165, 1.54) is 31.2 Å². The van der Waals surface area contributed by atoms with Gasteiger partial charge in [-0.15, -0.1) is 0 Å². The highest BCUT2D eigenvalue weighted by Crippen LogP contribution is 2.30. The number of nitrogens with one attached hydrogen (secondary N) is 1. The molecule has 2 aliphatic carbocycles. The molecule has 0 radical (unpaired) electrons. The third-order valence-corrected chi connectivity index (χ3v) is 4.72. The van der Waals surface area contributed by atoms with Gasteiger partial charge < -0.3 is 11.1 Å². The zero-order chi connectivity index (χ0) is 13.9. The summed E-state index contributed by atoms with van der Waals surface area (Å²) in [6.07, 6.45) is 8.31. The maximum atomic E-state index is 9.34. The van der Waals surface area contributed by atoms with Crippen LogP contribution in [0.25, 0.3) is 0 Å². The van der Waals surface area contributed by atoms with Crippen LogP contribution in [0.1, 0.15) is 48.9 Å². The first-order chi connectivity index (χ1) is 9.81. The van der Waals surface area contributed by atoms with Gasteiger partial charge in [-0.1, -0.05) is 12.8 Å². The predicted molar refractivity (Wildman–Crippen MR) is 79.4 cm³/mol. The van der Waals surface area contributed by atoms with Crippen molar-refractivity contribution in [2.45, 2.75) is 51.0 Å². The zero-order valence-corrected chi connectivity index (χ0v) is 11.9. The molecule has 3 N–H and O–H groups in total. The van der Waals surface area contributed by atoms with E-state index in [1.807, 2.05) is 6.07 Å². The lowest BCUT2D eigenvalue weighted by Gasteiger charge is -2.24. The van der Waals surface area contributed by atoms with Crippen molar-refractivity contribution in [3.05, 3.63) is 22.9 Å². The molecule has 1 aromatic rings. The molecule has 4 nitrogen and oxygen atoms in total. The molecule has 1 atom stereocenters. The van der Waals surface area contributed by atoms with Crippen LogP contribution in [-0.2, 0) is 12.8 Å². The Labute approximate surface area is 120 Å². The fourth-order valence-electron chi connectivity index (χ4n) is 3.57. The predicted octanol–water partition coefficient (Wildman–Crippen LogP) is 2.37. The third-order valence-electron chi connectivity index (χ3n) is 4.72. The van der Waals surface area contributed by atoms with Gasteiger partial charge in [0.2, 0.25) is 0 Å². The second-order valence-electron chi connectivity index (χ2n) is 5.99. The quantitative estimate of drug-likeness (QED) is 0.880. The molecular formula is C16H22N4. The lowest BCUT2D eigenvalue weighted by atomic mass is 9.98. The molecule has 1 heterocycles. The Balaban J connectivity index is 1.83. The number of hydrogen-bond acceptors (Lipinski definition) is 4. The van der Waals surface area contributed by atoms with Crippen molar-refractivity contribution in [2.24, 2.45) is 11.7 Å². The van der Waals surface area contributed by atoms with E-state index in [1.54, 1.807) is 0 Å². The second-order valence-corrected chi connectivity index (χ2v) is 5.99. The number of aromatic nitrogens is 1. The van der Waals surface area contributed by atoms with Crippen molar-refractivity contribution in [3.63, 3.8) is 0 Å². The highest BCUT2D eigenvalue weighted by atomic mass is 15.0. The number of aryl methyl sites for hydroxylation is 2. The summed E-state index contributed by atoms with van der Waals surface area (Å²) in [7, 11) is 0. The summed E-state index contributed by atoms with van der Waals surface area (Å²) < 4.78 is 0. The van der Waals surface area contributed by atoms with Gasteiger partial charge in [0, 0.05) is 18.3 Å². The third kappa shape index (κ3) is 2.51. The molecule has 3 rings (SSSR count). The Bertz CT molecular complexity index is 526. The summed E-state index contributed by atoms with van der Waals surface area (Å²) in [5.41, 5.74) is 9.01. The highest BCUT2D eigenvalue weighted by Gasteiger charge is 2.25. The summed E-state index contributed by atoms with van der Waals surface area (Å²) in [4.78, 5) is 4.69. The van der Waals surface area contributed by atoms with Crippen molar-refractivity contribution in [1.82, 2.24) is 4.98 Å². The monoisotopic (exact) mass is 270 g/mol. The molecule has 0 amide bonds. The van der Waals surface area contributed by atoms with Crippen LogP contribution in [0.3, 0.4) is 0 Å². The van der Waals surface area contributed by atoms with Crippen LogP contribution in [0.2, 0.25) is 0 Å². The summed E-state index contributed by atoms with van der Waals surface area (Å²) in [5.74, 6) is 1.37. The summed E-state index contributed by atoms with van der Waals surface area (Å²) in [6, 6.07) is 4.54. The van der Waals surface area contributed by atoms with Gasteiger partial charge in [0.1, 0.15) is 11.9 Å². The van der Waals surface area contributed by atoms with E-state index in [0.29, 0.717) is 18.0 Å². The lowest BCUT2D eigenvalue weighted by Crippen LogP contribution is -2.35. The van der Waals surface area contributed by atoms with Crippen LogP contribution in [-0.4, -0.2) is 17.6 Å². The molecule has 1 saturated carbocycles. The van der Waals surface area contributed by atoms with Gasteiger partial charge in [0.05, 0.1) is 5.56 Å². The van der Waals surface area contributed by atoms with Crippen molar-refractivity contribution >= 4 is 5.82 Å². The molecule has 1 fully saturated rings. The van der Waals surface area contributed by atoms with Crippen LogP contribution in [0, 0.1) is 17.2 Å². The Morgan fingerprint density at radius 2 is 2.15 bits per heavy atom. The van der Waals surface area contributed by atoms with Gasteiger partial charge in [0.25, 0.3) is 0 Å². The summed E-state index contributed by atoms with van der Waals surface area (Å²) in [5, 5.41) is 12.8. The van der Waals surface area contributed by atoms with Crippen molar-refractivity contribution in [3.8, 4) is 6.07 Å². The fourth-order valence-corrected chi connectivity index (χ4v) is 3.57. The molecule has 0 spiro atoms. The standard InChI is InChI=1S/C16H22N4/c17-9-13-8-12-6-3-7-14(12)19-16(13)20-15(10-18)11-4-1-2-5-11/h8,11,15H,1-7,10,18H2,(H,19,20). The average molecular weight is 270 g/mol. The summed E-state index contributed by atoms with van der Waals surface area (Å²) in [6.45, 7) is 0.605. The number of pyridine rings is 1. The first-order valence-electron chi connectivity index (χ1n) is 7.71. The van der Waals surface area contributed by atoms with Gasteiger partial charge in [-0.3, -0.25) is 0 Å². The number of rotatable bonds is 4. The molecule has 1 aromatic heterocycles. The van der Waals surface area contributed by atoms with Crippen molar-refractivity contribution in [1.29, 1.82) is 5.26 Å². The molecule has 0 aliphatic heterocycles. The second kappa shape index (κ2) is 5.80. The minimum absolute atomic E-state index is 0.247. The van der Waals surface area contributed by atoms with E-state index < -0.39 is 0 Å². The van der Waals surface area contributed by atoms with Crippen LogP contribution in [0.4, 0.5) is 5.82 Å². The van der Waals surface area contributed by atoms with E-state index in [2.05, 4.69) is 11.4 Å². The van der Waals surface area contributed by atoms with E-state index in [0.717, 1.165) is 30.8 Å². The topological polar surface area (TPSA) is 74.7 Å². The van der Waals surface area contributed by atoms with Crippen LogP contribution in [0.5, 0.6) is 0 Å². The lowest BCUT2D eigenvalue weighted by molar-refractivity contribution is 0.461. The fraction of sp³-hybridized carbons (Fsp3) is 0.625. The first-order valence-corrected chi connectivity index (χ1v) is 7.71. The van der Waals surface area contributed by atoms with E-state index in [9.17, 15) is 5.26 Å².